The quantitative estimate of drug-likeness (QED) is 0.768. The number of hydrogen-bond donors (Lipinski definition) is 2. The van der Waals surface area contributed by atoms with E-state index in [1.54, 1.807) is 24.9 Å². The number of nitrogens with zero attached hydrogens (tertiary/aromatic N) is 2. The minimum Gasteiger partial charge on any atom is -0.361 e. The fourth-order valence-corrected chi connectivity index (χ4v) is 3.43. The van der Waals surface area contributed by atoms with Crippen LogP contribution in [-0.4, -0.2) is 47.4 Å². The normalized spacial score (nSPS) is 21.0. The Bertz CT molecular complexity index is 686. The maximum absolute atomic E-state index is 12.6. The number of carbonyl (C=O) groups is 3. The van der Waals surface area contributed by atoms with Crippen molar-refractivity contribution in [1.29, 1.82) is 0 Å². The number of carbonyl (C=O) groups excluding carboxylic acids is 3. The number of hydrogen-bond acceptors (Lipinski definition) is 5. The number of aromatic nitrogens is 1. The lowest BCUT2D eigenvalue weighted by molar-refractivity contribution is -0.135. The third-order valence-corrected chi connectivity index (χ3v) is 4.90. The lowest BCUT2D eigenvalue weighted by Gasteiger charge is -2.24. The minimum absolute atomic E-state index is 0.0114. The molecule has 0 spiro atoms. The Morgan fingerprint density at radius 3 is 2.75 bits per heavy atom. The van der Waals surface area contributed by atoms with Gasteiger partial charge in [-0.25, -0.2) is 0 Å². The molecule has 0 saturated carbocycles. The van der Waals surface area contributed by atoms with Gasteiger partial charge in [-0.2, -0.15) is 0 Å². The first-order valence-electron chi connectivity index (χ1n) is 9.97. The maximum Gasteiger partial charge on any atom is 0.223 e. The summed E-state index contributed by atoms with van der Waals surface area (Å²) in [5.41, 5.74) is 0.658. The van der Waals surface area contributed by atoms with Crippen LogP contribution in [0.4, 0.5) is 0 Å². The first-order chi connectivity index (χ1) is 13.2. The molecule has 2 rings (SSSR count). The van der Waals surface area contributed by atoms with Gasteiger partial charge in [0, 0.05) is 44.5 Å². The minimum atomic E-state index is -0.381. The van der Waals surface area contributed by atoms with Gasteiger partial charge < -0.3 is 20.1 Å². The van der Waals surface area contributed by atoms with Crippen LogP contribution < -0.4 is 10.6 Å². The molecule has 8 heteroatoms. The molecule has 1 fully saturated rings. The number of amides is 3. The van der Waals surface area contributed by atoms with Gasteiger partial charge in [0.05, 0.1) is 6.54 Å². The van der Waals surface area contributed by atoms with Crippen molar-refractivity contribution in [1.82, 2.24) is 20.7 Å². The molecule has 2 heterocycles. The lowest BCUT2D eigenvalue weighted by atomic mass is 9.96. The first-order valence-corrected chi connectivity index (χ1v) is 9.97. The van der Waals surface area contributed by atoms with E-state index in [1.165, 1.54) is 0 Å². The van der Waals surface area contributed by atoms with Crippen molar-refractivity contribution in [3.8, 4) is 0 Å². The number of nitrogens with one attached hydrogen (secondary N) is 2. The van der Waals surface area contributed by atoms with E-state index >= 15 is 0 Å². The van der Waals surface area contributed by atoms with Gasteiger partial charge in [-0.15, -0.1) is 0 Å². The largest absolute Gasteiger partial charge is 0.361 e. The molecule has 1 aromatic heterocycles. The van der Waals surface area contributed by atoms with Crippen LogP contribution in [0, 0.1) is 18.8 Å². The highest BCUT2D eigenvalue weighted by Crippen LogP contribution is 2.19. The molecule has 1 aliphatic heterocycles. The predicted molar refractivity (Wildman–Crippen MR) is 104 cm³/mol. The van der Waals surface area contributed by atoms with E-state index in [2.05, 4.69) is 15.8 Å². The zero-order valence-corrected chi connectivity index (χ0v) is 17.3. The van der Waals surface area contributed by atoms with Crippen molar-refractivity contribution in [2.75, 3.05) is 13.6 Å². The monoisotopic (exact) mass is 392 g/mol. The Balaban J connectivity index is 1.92. The lowest BCUT2D eigenvalue weighted by Crippen LogP contribution is -2.44. The molecular formula is C20H32N4O4. The molecule has 0 unspecified atom stereocenters. The summed E-state index contributed by atoms with van der Waals surface area (Å²) in [5, 5.41) is 9.75. The molecule has 1 aromatic rings. The zero-order valence-electron chi connectivity index (χ0n) is 17.3. The molecule has 0 bridgehead atoms. The van der Waals surface area contributed by atoms with E-state index in [0.717, 1.165) is 12.8 Å². The van der Waals surface area contributed by atoms with Crippen molar-refractivity contribution in [3.63, 3.8) is 0 Å². The van der Waals surface area contributed by atoms with Crippen molar-refractivity contribution >= 4 is 17.7 Å². The molecule has 0 aromatic carbocycles. The highest BCUT2D eigenvalue weighted by Gasteiger charge is 2.27. The Hall–Kier alpha value is -2.38. The summed E-state index contributed by atoms with van der Waals surface area (Å²) in [4.78, 5) is 38.8. The van der Waals surface area contributed by atoms with E-state index < -0.39 is 0 Å². The summed E-state index contributed by atoms with van der Waals surface area (Å²) in [6, 6.07) is 1.69. The Kier molecular flexibility index (Phi) is 8.02. The Morgan fingerprint density at radius 1 is 1.36 bits per heavy atom. The average molecular weight is 393 g/mol. The van der Waals surface area contributed by atoms with Crippen molar-refractivity contribution in [2.45, 2.75) is 65.5 Å². The molecule has 0 aliphatic carbocycles. The van der Waals surface area contributed by atoms with Gasteiger partial charge in [0.25, 0.3) is 0 Å². The topological polar surface area (TPSA) is 105 Å². The highest BCUT2D eigenvalue weighted by molar-refractivity contribution is 5.85. The van der Waals surface area contributed by atoms with Crippen LogP contribution in [0.3, 0.4) is 0 Å². The molecule has 8 nitrogen and oxygen atoms in total. The summed E-state index contributed by atoms with van der Waals surface area (Å²) in [6.45, 7) is 6.55. The number of rotatable bonds is 6. The summed E-state index contributed by atoms with van der Waals surface area (Å²) in [5.74, 6) is 0.379. The smallest absolute Gasteiger partial charge is 0.223 e. The SMILES string of the molecule is Cc1cc(CNC(=O)[C@@H]2CCC[C@@H](NC(=O)CC(C)C)CN(C)C(=O)C2)no1. The second kappa shape index (κ2) is 10.2. The third kappa shape index (κ3) is 6.98. The van der Waals surface area contributed by atoms with Crippen LogP contribution in [0.5, 0.6) is 0 Å². The van der Waals surface area contributed by atoms with E-state index in [4.69, 9.17) is 4.52 Å². The Morgan fingerprint density at radius 2 is 2.11 bits per heavy atom. The second-order valence-corrected chi connectivity index (χ2v) is 8.12. The molecular weight excluding hydrogens is 360 g/mol. The summed E-state index contributed by atoms with van der Waals surface area (Å²) < 4.78 is 5.00. The van der Waals surface area contributed by atoms with Crippen LogP contribution >= 0.6 is 0 Å². The molecule has 0 radical (unpaired) electrons. The van der Waals surface area contributed by atoms with Crippen LogP contribution in [0.25, 0.3) is 0 Å². The van der Waals surface area contributed by atoms with Crippen LogP contribution in [0.2, 0.25) is 0 Å². The number of likely N-dealkylation sites (N-methyl/N-ethyl adjacent to an activating group) is 1. The highest BCUT2D eigenvalue weighted by atomic mass is 16.5. The van der Waals surface area contributed by atoms with Gasteiger partial charge in [-0.1, -0.05) is 25.4 Å². The van der Waals surface area contributed by atoms with Gasteiger partial charge in [-0.05, 0) is 25.7 Å². The van der Waals surface area contributed by atoms with Crippen LogP contribution in [0.15, 0.2) is 10.6 Å². The van der Waals surface area contributed by atoms with E-state index in [1.807, 2.05) is 13.8 Å². The molecule has 28 heavy (non-hydrogen) atoms. The molecule has 3 amide bonds. The van der Waals surface area contributed by atoms with Gasteiger partial charge in [0.1, 0.15) is 11.5 Å². The summed E-state index contributed by atoms with van der Waals surface area (Å²) in [7, 11) is 1.72. The van der Waals surface area contributed by atoms with Crippen LogP contribution in [0.1, 0.15) is 57.4 Å². The molecule has 1 saturated heterocycles. The Labute approximate surface area is 166 Å². The fraction of sp³-hybridized carbons (Fsp3) is 0.700. The molecule has 156 valence electrons. The van der Waals surface area contributed by atoms with Gasteiger partial charge in [-0.3, -0.25) is 14.4 Å². The molecule has 1 aliphatic rings. The average Bonchev–Trinajstić information content (AvgIpc) is 3.04. The molecule has 2 N–H and O–H groups in total. The number of aryl methyl sites for hydroxylation is 1. The van der Waals surface area contributed by atoms with E-state index in [0.29, 0.717) is 30.8 Å². The van der Waals surface area contributed by atoms with E-state index in [9.17, 15) is 14.4 Å². The van der Waals surface area contributed by atoms with Gasteiger partial charge >= 0.3 is 0 Å². The standard InChI is InChI=1S/C20H32N4O4/c1-13(2)8-18(25)22-16-7-5-6-15(10-19(26)24(4)12-16)20(27)21-11-17-9-14(3)28-23-17/h9,13,15-16H,5-8,10-12H2,1-4H3,(H,21,27)(H,22,25)/t15-,16-/m1/s1. The van der Waals surface area contributed by atoms with Gasteiger partial charge in [0.15, 0.2) is 0 Å². The maximum atomic E-state index is 12.6. The zero-order chi connectivity index (χ0) is 20.7. The van der Waals surface area contributed by atoms with Crippen molar-refractivity contribution in [3.05, 3.63) is 17.5 Å². The second-order valence-electron chi connectivity index (χ2n) is 8.12. The van der Waals surface area contributed by atoms with Gasteiger partial charge in [0.2, 0.25) is 17.7 Å². The fourth-order valence-electron chi connectivity index (χ4n) is 3.43. The van der Waals surface area contributed by atoms with Crippen molar-refractivity contribution < 1.29 is 18.9 Å². The molecule has 2 atom stereocenters. The van der Waals surface area contributed by atoms with Crippen LogP contribution in [-0.2, 0) is 20.9 Å². The predicted octanol–water partition coefficient (Wildman–Crippen LogP) is 1.78. The van der Waals surface area contributed by atoms with Crippen molar-refractivity contribution in [2.24, 2.45) is 11.8 Å². The summed E-state index contributed by atoms with van der Waals surface area (Å²) in [6.07, 6.45) is 2.77. The summed E-state index contributed by atoms with van der Waals surface area (Å²) >= 11 is 0. The first kappa shape index (κ1) is 21.9. The third-order valence-electron chi connectivity index (χ3n) is 4.90. The van der Waals surface area contributed by atoms with E-state index in [-0.39, 0.29) is 48.6 Å².